The minimum atomic E-state index is -0.907. The predicted molar refractivity (Wildman–Crippen MR) is 82.6 cm³/mol. The fraction of sp³-hybridized carbons (Fsp3) is 0.0714. The molecule has 0 amide bonds. The second-order valence-corrected chi connectivity index (χ2v) is 5.75. The van der Waals surface area contributed by atoms with Crippen molar-refractivity contribution in [3.05, 3.63) is 62.5 Å². The van der Waals surface area contributed by atoms with Gasteiger partial charge in [0.2, 0.25) is 0 Å². The Morgan fingerprint density at radius 3 is 2.37 bits per heavy atom. The van der Waals surface area contributed by atoms with Crippen molar-refractivity contribution in [2.75, 3.05) is 5.32 Å². The molecule has 19 heavy (non-hydrogen) atoms. The minimum Gasteiger partial charge on any atom is -0.478 e. The molecular weight excluding hydrogens is 374 g/mol. The van der Waals surface area contributed by atoms with E-state index in [0.29, 0.717) is 12.1 Å². The van der Waals surface area contributed by atoms with Crippen LogP contribution in [0, 0.1) is 0 Å². The maximum Gasteiger partial charge on any atom is 0.335 e. The first kappa shape index (κ1) is 14.1. The van der Waals surface area contributed by atoms with Gasteiger partial charge in [0.05, 0.1) is 5.56 Å². The highest BCUT2D eigenvalue weighted by Gasteiger charge is 2.03. The van der Waals surface area contributed by atoms with Crippen molar-refractivity contribution in [1.82, 2.24) is 0 Å². The summed E-state index contributed by atoms with van der Waals surface area (Å²) in [5.74, 6) is -0.907. The lowest BCUT2D eigenvalue weighted by atomic mass is 10.1. The number of carbonyl (C=O) groups is 1. The summed E-state index contributed by atoms with van der Waals surface area (Å²) >= 11 is 6.88. The van der Waals surface area contributed by atoms with E-state index in [2.05, 4.69) is 37.2 Å². The molecule has 0 aliphatic heterocycles. The van der Waals surface area contributed by atoms with E-state index in [-0.39, 0.29) is 0 Å². The summed E-state index contributed by atoms with van der Waals surface area (Å²) in [6, 6.07) is 12.7. The molecule has 0 atom stereocenters. The molecule has 3 nitrogen and oxygen atoms in total. The Labute approximate surface area is 127 Å². The number of hydrogen-bond acceptors (Lipinski definition) is 2. The second kappa shape index (κ2) is 6.21. The molecule has 0 spiro atoms. The summed E-state index contributed by atoms with van der Waals surface area (Å²) in [5, 5.41) is 12.1. The van der Waals surface area contributed by atoms with Gasteiger partial charge in [0.15, 0.2) is 0 Å². The molecule has 0 aliphatic carbocycles. The van der Waals surface area contributed by atoms with Gasteiger partial charge in [0, 0.05) is 21.2 Å². The molecule has 0 saturated carbocycles. The van der Waals surface area contributed by atoms with Crippen molar-refractivity contribution in [3.8, 4) is 0 Å². The van der Waals surface area contributed by atoms with Crippen LogP contribution in [0.1, 0.15) is 15.9 Å². The molecule has 0 aromatic heterocycles. The van der Waals surface area contributed by atoms with E-state index in [0.717, 1.165) is 20.2 Å². The molecule has 0 heterocycles. The largest absolute Gasteiger partial charge is 0.478 e. The summed E-state index contributed by atoms with van der Waals surface area (Å²) < 4.78 is 1.99. The van der Waals surface area contributed by atoms with Crippen LogP contribution in [0.3, 0.4) is 0 Å². The third kappa shape index (κ3) is 3.81. The normalized spacial score (nSPS) is 10.2. The van der Waals surface area contributed by atoms with Crippen molar-refractivity contribution in [3.63, 3.8) is 0 Å². The first-order valence-corrected chi connectivity index (χ1v) is 7.16. The van der Waals surface area contributed by atoms with Gasteiger partial charge in [-0.3, -0.25) is 0 Å². The molecule has 2 rings (SSSR count). The predicted octanol–water partition coefficient (Wildman–Crippen LogP) is 4.52. The Hall–Kier alpha value is -1.33. The number of hydrogen-bond donors (Lipinski definition) is 2. The Bertz CT molecular complexity index is 597. The Morgan fingerprint density at radius 2 is 1.79 bits per heavy atom. The molecule has 2 aromatic rings. The fourth-order valence-corrected chi connectivity index (χ4v) is 2.78. The number of carboxylic acids is 1. The van der Waals surface area contributed by atoms with Crippen LogP contribution in [0.15, 0.2) is 51.4 Å². The van der Waals surface area contributed by atoms with E-state index in [9.17, 15) is 4.79 Å². The second-order valence-electron chi connectivity index (χ2n) is 3.98. The SMILES string of the molecule is O=C(O)c1ccc(CNc2ccc(Br)cc2Br)cc1. The molecule has 0 fully saturated rings. The molecule has 0 aliphatic rings. The van der Waals surface area contributed by atoms with E-state index in [1.807, 2.05) is 30.3 Å². The fourth-order valence-electron chi connectivity index (χ4n) is 1.60. The van der Waals surface area contributed by atoms with Crippen molar-refractivity contribution >= 4 is 43.5 Å². The van der Waals surface area contributed by atoms with E-state index >= 15 is 0 Å². The summed E-state index contributed by atoms with van der Waals surface area (Å²) in [7, 11) is 0. The first-order chi connectivity index (χ1) is 9.06. The van der Waals surface area contributed by atoms with Crippen molar-refractivity contribution in [1.29, 1.82) is 0 Å². The molecule has 0 unspecified atom stereocenters. The van der Waals surface area contributed by atoms with Crippen LogP contribution < -0.4 is 5.32 Å². The van der Waals surface area contributed by atoms with Crippen LogP contribution in [0.25, 0.3) is 0 Å². The molecule has 0 bridgehead atoms. The van der Waals surface area contributed by atoms with Gasteiger partial charge in [0.1, 0.15) is 0 Å². The van der Waals surface area contributed by atoms with Crippen LogP contribution in [-0.4, -0.2) is 11.1 Å². The zero-order chi connectivity index (χ0) is 13.8. The third-order valence-electron chi connectivity index (χ3n) is 2.61. The lowest BCUT2D eigenvalue weighted by molar-refractivity contribution is 0.0697. The minimum absolute atomic E-state index is 0.300. The molecule has 98 valence electrons. The average Bonchev–Trinajstić information content (AvgIpc) is 2.38. The highest BCUT2D eigenvalue weighted by atomic mass is 79.9. The summed E-state index contributed by atoms with van der Waals surface area (Å²) in [6.45, 7) is 0.639. The van der Waals surface area contributed by atoms with Gasteiger partial charge in [-0.05, 0) is 51.8 Å². The van der Waals surface area contributed by atoms with Gasteiger partial charge < -0.3 is 10.4 Å². The van der Waals surface area contributed by atoms with Gasteiger partial charge in [0.25, 0.3) is 0 Å². The lowest BCUT2D eigenvalue weighted by Gasteiger charge is -2.09. The van der Waals surface area contributed by atoms with Gasteiger partial charge in [-0.1, -0.05) is 28.1 Å². The standard InChI is InChI=1S/C14H11Br2NO2/c15-11-5-6-13(12(16)7-11)17-8-9-1-3-10(4-2-9)14(18)19/h1-7,17H,8H2,(H,18,19). The van der Waals surface area contributed by atoms with E-state index in [1.165, 1.54) is 0 Å². The van der Waals surface area contributed by atoms with Gasteiger partial charge in [-0.15, -0.1) is 0 Å². The van der Waals surface area contributed by atoms with Crippen LogP contribution in [0.5, 0.6) is 0 Å². The quantitative estimate of drug-likeness (QED) is 0.814. The molecule has 5 heteroatoms. The first-order valence-electron chi connectivity index (χ1n) is 5.57. The van der Waals surface area contributed by atoms with E-state index in [1.54, 1.807) is 12.1 Å². The van der Waals surface area contributed by atoms with Gasteiger partial charge in [-0.2, -0.15) is 0 Å². The molecule has 2 aromatic carbocycles. The molecular formula is C14H11Br2NO2. The van der Waals surface area contributed by atoms with Crippen LogP contribution >= 0.6 is 31.9 Å². The summed E-state index contributed by atoms with van der Waals surface area (Å²) in [5.41, 5.74) is 2.32. The molecule has 2 N–H and O–H groups in total. The smallest absolute Gasteiger partial charge is 0.335 e. The highest BCUT2D eigenvalue weighted by Crippen LogP contribution is 2.26. The summed E-state index contributed by atoms with van der Waals surface area (Å²) in [6.07, 6.45) is 0. The molecule has 0 saturated heterocycles. The topological polar surface area (TPSA) is 49.3 Å². The zero-order valence-electron chi connectivity index (χ0n) is 9.86. The Kier molecular flexibility index (Phi) is 4.61. The number of aromatic carboxylic acids is 1. The monoisotopic (exact) mass is 383 g/mol. The molecule has 0 radical (unpaired) electrons. The Balaban J connectivity index is 2.04. The van der Waals surface area contributed by atoms with Crippen molar-refractivity contribution in [2.45, 2.75) is 6.54 Å². The van der Waals surface area contributed by atoms with Crippen LogP contribution in [0.2, 0.25) is 0 Å². The number of benzene rings is 2. The number of carboxylic acid groups (broad SMARTS) is 1. The van der Waals surface area contributed by atoms with Gasteiger partial charge in [-0.25, -0.2) is 4.79 Å². The summed E-state index contributed by atoms with van der Waals surface area (Å²) in [4.78, 5) is 10.7. The Morgan fingerprint density at radius 1 is 1.11 bits per heavy atom. The van der Waals surface area contributed by atoms with Gasteiger partial charge >= 0.3 is 5.97 Å². The third-order valence-corrected chi connectivity index (χ3v) is 3.76. The van der Waals surface area contributed by atoms with E-state index in [4.69, 9.17) is 5.11 Å². The number of anilines is 1. The maximum absolute atomic E-state index is 10.7. The maximum atomic E-state index is 10.7. The lowest BCUT2D eigenvalue weighted by Crippen LogP contribution is -2.01. The number of halogens is 2. The van der Waals surface area contributed by atoms with Crippen molar-refractivity contribution < 1.29 is 9.90 Å². The van der Waals surface area contributed by atoms with Crippen LogP contribution in [0.4, 0.5) is 5.69 Å². The average molecular weight is 385 g/mol. The number of nitrogens with one attached hydrogen (secondary N) is 1. The van der Waals surface area contributed by atoms with Crippen LogP contribution in [-0.2, 0) is 6.54 Å². The number of rotatable bonds is 4. The zero-order valence-corrected chi connectivity index (χ0v) is 13.0. The van der Waals surface area contributed by atoms with E-state index < -0.39 is 5.97 Å². The van der Waals surface area contributed by atoms with Crippen molar-refractivity contribution in [2.24, 2.45) is 0 Å². The highest BCUT2D eigenvalue weighted by molar-refractivity contribution is 9.11.